The van der Waals surface area contributed by atoms with Gasteiger partial charge in [-0.05, 0) is 25.7 Å². The van der Waals surface area contributed by atoms with E-state index in [4.69, 9.17) is 0 Å². The fraction of sp³-hybridized carbons (Fsp3) is 0.846. The van der Waals surface area contributed by atoms with E-state index in [1.807, 2.05) is 0 Å². The maximum absolute atomic E-state index is 12.5. The normalized spacial score (nSPS) is 24.2. The van der Waals surface area contributed by atoms with Crippen molar-refractivity contribution >= 4 is 10.2 Å². The Morgan fingerprint density at radius 2 is 1.90 bits per heavy atom. The van der Waals surface area contributed by atoms with E-state index in [2.05, 4.69) is 14.8 Å². The molecule has 0 spiro atoms. The lowest BCUT2D eigenvalue weighted by molar-refractivity contribution is 0.344. The smallest absolute Gasteiger partial charge is 0.282 e. The van der Waals surface area contributed by atoms with E-state index in [-0.39, 0.29) is 6.04 Å². The van der Waals surface area contributed by atoms with Crippen molar-refractivity contribution in [2.24, 2.45) is 0 Å². The zero-order chi connectivity index (χ0) is 15.0. The van der Waals surface area contributed by atoms with Crippen LogP contribution in [0.3, 0.4) is 0 Å². The molecular weight excluding hydrogens is 290 g/mol. The van der Waals surface area contributed by atoms with E-state index in [0.717, 1.165) is 50.3 Å². The lowest BCUT2D eigenvalue weighted by atomic mass is 10.2. The highest BCUT2D eigenvalue weighted by atomic mass is 32.2. The Hall–Kier alpha value is -0.990. The maximum Gasteiger partial charge on any atom is 0.282 e. The van der Waals surface area contributed by atoms with Gasteiger partial charge in [0, 0.05) is 33.6 Å². The minimum Gasteiger partial charge on any atom is -0.314 e. The van der Waals surface area contributed by atoms with Gasteiger partial charge in [-0.15, -0.1) is 10.2 Å². The number of aryl methyl sites for hydroxylation is 1. The van der Waals surface area contributed by atoms with Crippen molar-refractivity contribution in [2.45, 2.75) is 51.1 Å². The summed E-state index contributed by atoms with van der Waals surface area (Å²) in [6.07, 6.45) is 6.10. The van der Waals surface area contributed by atoms with Crippen LogP contribution in [0.4, 0.5) is 0 Å². The molecule has 1 aromatic heterocycles. The third kappa shape index (κ3) is 2.60. The molecule has 2 aliphatic heterocycles. The van der Waals surface area contributed by atoms with Crippen molar-refractivity contribution in [3.05, 3.63) is 11.6 Å². The second-order valence-corrected chi connectivity index (χ2v) is 8.09. The lowest BCUT2D eigenvalue weighted by Crippen LogP contribution is -2.40. The Balaban J connectivity index is 1.95. The highest BCUT2D eigenvalue weighted by Gasteiger charge is 2.39. The molecule has 0 radical (unpaired) electrons. The van der Waals surface area contributed by atoms with Crippen LogP contribution in [0.2, 0.25) is 0 Å². The van der Waals surface area contributed by atoms with Gasteiger partial charge in [0.05, 0.1) is 6.04 Å². The second-order valence-electron chi connectivity index (χ2n) is 6.00. The number of nitrogens with zero attached hydrogens (tertiary/aromatic N) is 5. The highest BCUT2D eigenvalue weighted by molar-refractivity contribution is 7.86. The summed E-state index contributed by atoms with van der Waals surface area (Å²) in [5.74, 6) is 1.84. The molecule has 0 bridgehead atoms. The third-order valence-electron chi connectivity index (χ3n) is 4.40. The first-order valence-electron chi connectivity index (χ1n) is 7.63. The van der Waals surface area contributed by atoms with Gasteiger partial charge in [-0.3, -0.25) is 0 Å². The molecule has 0 amide bonds. The minimum absolute atomic E-state index is 0.170. The van der Waals surface area contributed by atoms with Crippen molar-refractivity contribution < 1.29 is 8.42 Å². The predicted molar refractivity (Wildman–Crippen MR) is 78.9 cm³/mol. The number of hydrogen-bond acceptors (Lipinski definition) is 4. The molecule has 1 fully saturated rings. The van der Waals surface area contributed by atoms with Gasteiger partial charge in [0.15, 0.2) is 5.82 Å². The van der Waals surface area contributed by atoms with Crippen molar-refractivity contribution in [2.75, 3.05) is 20.6 Å². The molecule has 0 aliphatic carbocycles. The average Bonchev–Trinajstić information content (AvgIpc) is 3.00. The summed E-state index contributed by atoms with van der Waals surface area (Å²) in [5, 5.41) is 8.63. The first-order chi connectivity index (χ1) is 10.0. The van der Waals surface area contributed by atoms with E-state index in [1.165, 1.54) is 10.7 Å². The van der Waals surface area contributed by atoms with Crippen LogP contribution >= 0.6 is 0 Å². The van der Waals surface area contributed by atoms with Crippen LogP contribution < -0.4 is 0 Å². The number of aromatic nitrogens is 3. The van der Waals surface area contributed by atoms with Crippen molar-refractivity contribution in [3.8, 4) is 0 Å². The molecule has 1 saturated heterocycles. The Morgan fingerprint density at radius 3 is 2.67 bits per heavy atom. The molecule has 0 aromatic carbocycles. The summed E-state index contributed by atoms with van der Waals surface area (Å²) in [6, 6.07) is -0.170. The number of hydrogen-bond donors (Lipinski definition) is 0. The molecule has 2 aliphatic rings. The third-order valence-corrected chi connectivity index (χ3v) is 6.35. The second kappa shape index (κ2) is 5.66. The molecule has 0 unspecified atom stereocenters. The largest absolute Gasteiger partial charge is 0.314 e. The molecular formula is C13H23N5O2S. The fourth-order valence-corrected chi connectivity index (χ4v) is 4.54. The Bertz CT molecular complexity index is 610. The molecule has 8 heteroatoms. The summed E-state index contributed by atoms with van der Waals surface area (Å²) in [4.78, 5) is 0. The minimum atomic E-state index is -3.40. The number of rotatable bonds is 3. The summed E-state index contributed by atoms with van der Waals surface area (Å²) in [7, 11) is -0.245. The maximum atomic E-state index is 12.5. The molecule has 1 aromatic rings. The van der Waals surface area contributed by atoms with E-state index in [9.17, 15) is 8.42 Å². The fourth-order valence-electron chi connectivity index (χ4n) is 3.24. The summed E-state index contributed by atoms with van der Waals surface area (Å²) >= 11 is 0. The zero-order valence-electron chi connectivity index (χ0n) is 12.7. The summed E-state index contributed by atoms with van der Waals surface area (Å²) < 4.78 is 30.0. The molecule has 21 heavy (non-hydrogen) atoms. The summed E-state index contributed by atoms with van der Waals surface area (Å²) in [5.41, 5.74) is 0. The molecule has 0 N–H and O–H groups in total. The van der Waals surface area contributed by atoms with Gasteiger partial charge in [-0.25, -0.2) is 0 Å². The van der Waals surface area contributed by atoms with Gasteiger partial charge in [-0.1, -0.05) is 6.42 Å². The van der Waals surface area contributed by atoms with Gasteiger partial charge in [0.25, 0.3) is 10.2 Å². The van der Waals surface area contributed by atoms with Crippen LogP contribution in [0.1, 0.15) is 49.8 Å². The van der Waals surface area contributed by atoms with E-state index >= 15 is 0 Å². The standard InChI is InChI=1S/C13H23N5O2S/c1-16(2)21(19,20)18-10-6-7-11(18)13-15-14-12-8-4-3-5-9-17(12)13/h11H,3-10H2,1-2H3/t11-/m0/s1. The van der Waals surface area contributed by atoms with Crippen LogP contribution in [0.5, 0.6) is 0 Å². The lowest BCUT2D eigenvalue weighted by Gasteiger charge is -2.26. The monoisotopic (exact) mass is 313 g/mol. The van der Waals surface area contributed by atoms with Gasteiger partial charge in [0.2, 0.25) is 0 Å². The predicted octanol–water partition coefficient (Wildman–Crippen LogP) is 0.948. The highest BCUT2D eigenvalue weighted by Crippen LogP contribution is 2.34. The van der Waals surface area contributed by atoms with Gasteiger partial charge >= 0.3 is 0 Å². The zero-order valence-corrected chi connectivity index (χ0v) is 13.5. The van der Waals surface area contributed by atoms with Gasteiger partial charge < -0.3 is 4.57 Å². The molecule has 118 valence electrons. The topological polar surface area (TPSA) is 71.3 Å². The Kier molecular flexibility index (Phi) is 4.02. The van der Waals surface area contributed by atoms with Crippen molar-refractivity contribution in [3.63, 3.8) is 0 Å². The van der Waals surface area contributed by atoms with E-state index < -0.39 is 10.2 Å². The van der Waals surface area contributed by atoms with Gasteiger partial charge in [-0.2, -0.15) is 17.0 Å². The van der Waals surface area contributed by atoms with Crippen LogP contribution in [-0.2, 0) is 23.2 Å². The summed E-state index contributed by atoms with van der Waals surface area (Å²) in [6.45, 7) is 1.47. The Morgan fingerprint density at radius 1 is 1.10 bits per heavy atom. The van der Waals surface area contributed by atoms with Crippen molar-refractivity contribution in [1.82, 2.24) is 23.4 Å². The first-order valence-corrected chi connectivity index (χ1v) is 9.03. The Labute approximate surface area is 126 Å². The van der Waals surface area contributed by atoms with Crippen molar-refractivity contribution in [1.29, 1.82) is 0 Å². The molecule has 0 saturated carbocycles. The number of fused-ring (bicyclic) bond motifs is 1. The van der Waals surface area contributed by atoms with Crippen LogP contribution in [-0.4, -0.2) is 52.4 Å². The molecule has 7 nitrogen and oxygen atoms in total. The average molecular weight is 313 g/mol. The molecule has 1 atom stereocenters. The quantitative estimate of drug-likeness (QED) is 0.833. The van der Waals surface area contributed by atoms with Crippen LogP contribution in [0.15, 0.2) is 0 Å². The van der Waals surface area contributed by atoms with E-state index in [1.54, 1.807) is 18.4 Å². The first kappa shape index (κ1) is 14.9. The molecule has 3 heterocycles. The van der Waals surface area contributed by atoms with Gasteiger partial charge in [0.1, 0.15) is 5.82 Å². The van der Waals surface area contributed by atoms with Crippen LogP contribution in [0.25, 0.3) is 0 Å². The SMILES string of the molecule is CN(C)S(=O)(=O)N1CCC[C@H]1c1nnc2n1CCCCC2. The molecule has 3 rings (SSSR count). The van der Waals surface area contributed by atoms with Crippen LogP contribution in [0, 0.1) is 0 Å². The van der Waals surface area contributed by atoms with E-state index in [0.29, 0.717) is 6.54 Å².